The minimum absolute atomic E-state index is 0.304. The molecule has 1 aliphatic rings. The maximum atomic E-state index is 5.52. The molecule has 3 nitrogen and oxygen atoms in total. The number of hydrogen-bond acceptors (Lipinski definition) is 3. The second-order valence-corrected chi connectivity index (χ2v) is 4.93. The molecule has 1 aromatic heterocycles. The molecule has 1 unspecified atom stereocenters. The van der Waals surface area contributed by atoms with Gasteiger partial charge in [-0.05, 0) is 35.7 Å². The summed E-state index contributed by atoms with van der Waals surface area (Å²) >= 11 is 0. The number of benzene rings is 1. The zero-order valence-corrected chi connectivity index (χ0v) is 11.1. The van der Waals surface area contributed by atoms with Gasteiger partial charge >= 0.3 is 0 Å². The van der Waals surface area contributed by atoms with Crippen LogP contribution in [0.15, 0.2) is 42.7 Å². The molecule has 0 saturated carbocycles. The van der Waals surface area contributed by atoms with Gasteiger partial charge in [0.1, 0.15) is 5.75 Å². The predicted octanol–water partition coefficient (Wildman–Crippen LogP) is 2.87. The van der Waals surface area contributed by atoms with Gasteiger partial charge in [0.2, 0.25) is 0 Å². The lowest BCUT2D eigenvalue weighted by molar-refractivity contribution is 0.357. The van der Waals surface area contributed by atoms with Crippen molar-refractivity contribution in [3.63, 3.8) is 0 Å². The van der Waals surface area contributed by atoms with Gasteiger partial charge in [0.05, 0.1) is 6.61 Å². The summed E-state index contributed by atoms with van der Waals surface area (Å²) in [7, 11) is 0. The summed E-state index contributed by atoms with van der Waals surface area (Å²) in [5.41, 5.74) is 3.85. The van der Waals surface area contributed by atoms with Crippen LogP contribution in [-0.4, -0.2) is 11.6 Å². The van der Waals surface area contributed by atoms with Crippen LogP contribution < -0.4 is 10.1 Å². The highest BCUT2D eigenvalue weighted by Crippen LogP contribution is 2.26. The van der Waals surface area contributed by atoms with Crippen molar-refractivity contribution in [1.82, 2.24) is 10.3 Å². The third-order valence-corrected chi connectivity index (χ3v) is 3.55. The molecular formula is C16H18N2O. The van der Waals surface area contributed by atoms with Crippen LogP contribution in [0.25, 0.3) is 0 Å². The second-order valence-electron chi connectivity index (χ2n) is 4.93. The Bertz CT molecular complexity index is 554. The van der Waals surface area contributed by atoms with Gasteiger partial charge in [-0.15, -0.1) is 0 Å². The Balaban J connectivity index is 1.63. The number of nitrogens with one attached hydrogen (secondary N) is 1. The largest absolute Gasteiger partial charge is 0.493 e. The molecule has 98 valence electrons. The Kier molecular flexibility index (Phi) is 3.47. The molecule has 0 amide bonds. The van der Waals surface area contributed by atoms with Gasteiger partial charge in [-0.25, -0.2) is 0 Å². The summed E-state index contributed by atoms with van der Waals surface area (Å²) in [5.74, 6) is 1.05. The molecule has 3 heteroatoms. The van der Waals surface area contributed by atoms with Gasteiger partial charge in [0, 0.05) is 31.4 Å². The van der Waals surface area contributed by atoms with E-state index in [1.54, 1.807) is 6.20 Å². The summed E-state index contributed by atoms with van der Waals surface area (Å²) in [5, 5.41) is 3.53. The minimum atomic E-state index is 0.304. The fraction of sp³-hybridized carbons (Fsp3) is 0.312. The Morgan fingerprint density at radius 2 is 2.32 bits per heavy atom. The predicted molar refractivity (Wildman–Crippen MR) is 75.1 cm³/mol. The van der Waals surface area contributed by atoms with E-state index in [2.05, 4.69) is 41.5 Å². The summed E-state index contributed by atoms with van der Waals surface area (Å²) < 4.78 is 5.52. The fourth-order valence-electron chi connectivity index (χ4n) is 2.37. The average Bonchev–Trinajstić information content (AvgIpc) is 2.93. The lowest BCUT2D eigenvalue weighted by Gasteiger charge is -2.14. The van der Waals surface area contributed by atoms with Crippen LogP contribution >= 0.6 is 0 Å². The topological polar surface area (TPSA) is 34.1 Å². The molecule has 0 spiro atoms. The Morgan fingerprint density at radius 3 is 3.16 bits per heavy atom. The van der Waals surface area contributed by atoms with Crippen molar-refractivity contribution in [1.29, 1.82) is 0 Å². The van der Waals surface area contributed by atoms with Gasteiger partial charge in [0.25, 0.3) is 0 Å². The first-order valence-electron chi connectivity index (χ1n) is 6.71. The smallest absolute Gasteiger partial charge is 0.122 e. The number of ether oxygens (including phenoxy) is 1. The van der Waals surface area contributed by atoms with Crippen LogP contribution in [-0.2, 0) is 13.0 Å². The summed E-state index contributed by atoms with van der Waals surface area (Å²) in [6.45, 7) is 3.84. The zero-order valence-electron chi connectivity index (χ0n) is 11.1. The average molecular weight is 254 g/mol. The monoisotopic (exact) mass is 254 g/mol. The molecule has 0 fully saturated rings. The Morgan fingerprint density at radius 1 is 1.37 bits per heavy atom. The van der Waals surface area contributed by atoms with Gasteiger partial charge < -0.3 is 10.1 Å². The number of hydrogen-bond donors (Lipinski definition) is 1. The third kappa shape index (κ3) is 2.76. The molecule has 2 aromatic rings. The highest BCUT2D eigenvalue weighted by molar-refractivity contribution is 5.39. The van der Waals surface area contributed by atoms with Gasteiger partial charge in [-0.3, -0.25) is 4.98 Å². The van der Waals surface area contributed by atoms with E-state index in [4.69, 9.17) is 4.74 Å². The van der Waals surface area contributed by atoms with E-state index >= 15 is 0 Å². The van der Waals surface area contributed by atoms with Gasteiger partial charge in [-0.1, -0.05) is 18.2 Å². The Hall–Kier alpha value is -1.87. The van der Waals surface area contributed by atoms with Crippen molar-refractivity contribution in [3.05, 3.63) is 59.4 Å². The zero-order chi connectivity index (χ0) is 13.1. The lowest BCUT2D eigenvalue weighted by atomic mass is 10.1. The minimum Gasteiger partial charge on any atom is -0.493 e. The molecular weight excluding hydrogens is 236 g/mol. The number of rotatable bonds is 4. The molecule has 0 bridgehead atoms. The van der Waals surface area contributed by atoms with Crippen molar-refractivity contribution in [2.24, 2.45) is 0 Å². The van der Waals surface area contributed by atoms with Crippen molar-refractivity contribution in [2.45, 2.75) is 25.9 Å². The van der Waals surface area contributed by atoms with E-state index < -0.39 is 0 Å². The first-order chi connectivity index (χ1) is 9.33. The SMILES string of the molecule is CC(NCc1ccc2c(c1)CCO2)c1cccnc1. The van der Waals surface area contributed by atoms with Crippen LogP contribution in [0, 0.1) is 0 Å². The second kappa shape index (κ2) is 5.41. The molecule has 1 N–H and O–H groups in total. The van der Waals surface area contributed by atoms with Crippen molar-refractivity contribution < 1.29 is 4.74 Å². The quantitative estimate of drug-likeness (QED) is 0.911. The van der Waals surface area contributed by atoms with Gasteiger partial charge in [0.15, 0.2) is 0 Å². The molecule has 1 aliphatic heterocycles. The van der Waals surface area contributed by atoms with E-state index in [9.17, 15) is 0 Å². The molecule has 1 aromatic carbocycles. The van der Waals surface area contributed by atoms with Crippen LogP contribution in [0.4, 0.5) is 0 Å². The first kappa shape index (κ1) is 12.2. The maximum Gasteiger partial charge on any atom is 0.122 e. The highest BCUT2D eigenvalue weighted by atomic mass is 16.5. The standard InChI is InChI=1S/C16H18N2O/c1-12(15-3-2-7-17-11-15)18-10-13-4-5-16-14(9-13)6-8-19-16/h2-5,7,9,11-12,18H,6,8,10H2,1H3. The van der Waals surface area contributed by atoms with Gasteiger partial charge in [-0.2, -0.15) is 0 Å². The molecule has 0 radical (unpaired) electrons. The van der Waals surface area contributed by atoms with Crippen molar-refractivity contribution >= 4 is 0 Å². The van der Waals surface area contributed by atoms with Crippen LogP contribution in [0.5, 0.6) is 5.75 Å². The van der Waals surface area contributed by atoms with Crippen LogP contribution in [0.1, 0.15) is 29.7 Å². The Labute approximate surface area is 113 Å². The molecule has 19 heavy (non-hydrogen) atoms. The third-order valence-electron chi connectivity index (χ3n) is 3.55. The van der Waals surface area contributed by atoms with Crippen molar-refractivity contribution in [2.75, 3.05) is 6.61 Å². The number of pyridine rings is 1. The molecule has 0 aliphatic carbocycles. The summed E-state index contributed by atoms with van der Waals surface area (Å²) in [4.78, 5) is 4.15. The molecule has 3 rings (SSSR count). The summed E-state index contributed by atoms with van der Waals surface area (Å²) in [6.07, 6.45) is 4.74. The maximum absolute atomic E-state index is 5.52. The molecule has 2 heterocycles. The van der Waals surface area contributed by atoms with E-state index in [1.165, 1.54) is 16.7 Å². The molecule has 0 saturated heterocycles. The van der Waals surface area contributed by atoms with E-state index in [0.717, 1.165) is 25.3 Å². The number of nitrogens with zero attached hydrogens (tertiary/aromatic N) is 1. The van der Waals surface area contributed by atoms with E-state index in [-0.39, 0.29) is 0 Å². The van der Waals surface area contributed by atoms with Crippen molar-refractivity contribution in [3.8, 4) is 5.75 Å². The number of aromatic nitrogens is 1. The first-order valence-corrected chi connectivity index (χ1v) is 6.71. The fourth-order valence-corrected chi connectivity index (χ4v) is 2.37. The molecule has 1 atom stereocenters. The number of fused-ring (bicyclic) bond motifs is 1. The normalized spacial score (nSPS) is 14.8. The van der Waals surface area contributed by atoms with Crippen LogP contribution in [0.2, 0.25) is 0 Å². The highest BCUT2D eigenvalue weighted by Gasteiger charge is 2.12. The lowest BCUT2D eigenvalue weighted by Crippen LogP contribution is -2.18. The van der Waals surface area contributed by atoms with E-state index in [0.29, 0.717) is 6.04 Å². The van der Waals surface area contributed by atoms with E-state index in [1.807, 2.05) is 12.3 Å². The van der Waals surface area contributed by atoms with Crippen LogP contribution in [0.3, 0.4) is 0 Å². The summed E-state index contributed by atoms with van der Waals surface area (Å²) in [6, 6.07) is 10.8.